The highest BCUT2D eigenvalue weighted by Gasteiger charge is 2.22. The van der Waals surface area contributed by atoms with E-state index < -0.39 is 0 Å². The van der Waals surface area contributed by atoms with Crippen molar-refractivity contribution < 1.29 is 9.47 Å². The Morgan fingerprint density at radius 1 is 0.491 bits per heavy atom. The average molecular weight is 717 g/mol. The van der Waals surface area contributed by atoms with E-state index in [4.69, 9.17) is 19.4 Å². The summed E-state index contributed by atoms with van der Waals surface area (Å²) in [7, 11) is 0. The summed E-state index contributed by atoms with van der Waals surface area (Å²) in [6.07, 6.45) is 4.93. The maximum atomic E-state index is 6.87. The fourth-order valence-electron chi connectivity index (χ4n) is 7.53. The van der Waals surface area contributed by atoms with Crippen LogP contribution in [-0.2, 0) is 0 Å². The topological polar surface area (TPSA) is 106 Å². The van der Waals surface area contributed by atoms with Crippen LogP contribution >= 0.6 is 0 Å². The minimum absolute atomic E-state index is 0.0133. The smallest absolute Gasteiger partial charge is 0.203 e. The molecule has 0 aliphatic carbocycles. The van der Waals surface area contributed by atoms with Crippen molar-refractivity contribution in [3.05, 3.63) is 158 Å². The van der Waals surface area contributed by atoms with Gasteiger partial charge in [0.1, 0.15) is 34.6 Å². The molecule has 10 heteroatoms. The third-order valence-electron chi connectivity index (χ3n) is 9.85. The number of hydrogen-bond acceptors (Lipinski definition) is 8. The largest absolute Gasteiger partial charge is 0.457 e. The van der Waals surface area contributed by atoms with Crippen molar-refractivity contribution in [2.45, 2.75) is 19.8 Å². The lowest BCUT2D eigenvalue weighted by atomic mass is 9.98. The molecule has 5 heterocycles. The predicted octanol–water partition coefficient (Wildman–Crippen LogP) is 10.6. The predicted molar refractivity (Wildman–Crippen MR) is 214 cm³/mol. The van der Waals surface area contributed by atoms with Gasteiger partial charge in [-0.1, -0.05) is 62.4 Å². The van der Waals surface area contributed by atoms with Crippen LogP contribution in [0.2, 0.25) is 0 Å². The molecule has 55 heavy (non-hydrogen) atoms. The van der Waals surface area contributed by atoms with Crippen LogP contribution in [-0.4, -0.2) is 39.5 Å². The molecule has 0 aliphatic rings. The van der Waals surface area contributed by atoms with Crippen molar-refractivity contribution in [1.29, 1.82) is 0 Å². The molecule has 264 valence electrons. The van der Waals surface area contributed by atoms with Crippen molar-refractivity contribution in [3.8, 4) is 46.0 Å². The van der Waals surface area contributed by atoms with E-state index in [9.17, 15) is 0 Å². The van der Waals surface area contributed by atoms with E-state index in [-0.39, 0.29) is 5.92 Å². The van der Waals surface area contributed by atoms with Crippen LogP contribution in [0.1, 0.15) is 25.3 Å². The zero-order valence-electron chi connectivity index (χ0n) is 29.9. The molecule has 0 amide bonds. The summed E-state index contributed by atoms with van der Waals surface area (Å²) in [6, 6.07) is 44.8. The van der Waals surface area contributed by atoms with E-state index >= 15 is 0 Å². The van der Waals surface area contributed by atoms with E-state index in [0.29, 0.717) is 34.4 Å². The third kappa shape index (κ3) is 5.59. The van der Waals surface area contributed by atoms with Gasteiger partial charge in [-0.3, -0.25) is 9.13 Å². The van der Waals surface area contributed by atoms with E-state index in [1.807, 2.05) is 85.2 Å². The third-order valence-corrected chi connectivity index (χ3v) is 9.85. The number of ether oxygens (including phenoxy) is 2. The van der Waals surface area contributed by atoms with Gasteiger partial charge in [0.2, 0.25) is 5.82 Å². The van der Waals surface area contributed by atoms with Gasteiger partial charge in [-0.25, -0.2) is 9.97 Å². The van der Waals surface area contributed by atoms with Crippen LogP contribution in [0.5, 0.6) is 23.0 Å². The number of aromatic nitrogens is 8. The van der Waals surface area contributed by atoms with Gasteiger partial charge in [-0.15, -0.1) is 20.4 Å². The highest BCUT2D eigenvalue weighted by molar-refractivity contribution is 6.10. The zero-order chi connectivity index (χ0) is 36.9. The van der Waals surface area contributed by atoms with Crippen LogP contribution in [0.3, 0.4) is 0 Å². The molecule has 0 radical (unpaired) electrons. The number of para-hydroxylation sites is 2. The van der Waals surface area contributed by atoms with E-state index in [2.05, 4.69) is 104 Å². The van der Waals surface area contributed by atoms with Gasteiger partial charge in [0.05, 0.1) is 22.1 Å². The molecular formula is C45H32N8O2. The quantitative estimate of drug-likeness (QED) is 0.153. The Morgan fingerprint density at radius 2 is 0.964 bits per heavy atom. The minimum atomic E-state index is 0.0133. The van der Waals surface area contributed by atoms with Gasteiger partial charge >= 0.3 is 0 Å². The Hall–Kier alpha value is -7.46. The van der Waals surface area contributed by atoms with Crippen LogP contribution in [0.25, 0.3) is 66.6 Å². The number of benzene rings is 5. The minimum Gasteiger partial charge on any atom is -0.457 e. The maximum Gasteiger partial charge on any atom is 0.203 e. The Balaban J connectivity index is 1.13. The van der Waals surface area contributed by atoms with Gasteiger partial charge in [-0.05, 0) is 78.7 Å². The normalized spacial score (nSPS) is 11.6. The van der Waals surface area contributed by atoms with Gasteiger partial charge < -0.3 is 9.47 Å². The van der Waals surface area contributed by atoms with Crippen molar-refractivity contribution in [3.63, 3.8) is 0 Å². The highest BCUT2D eigenvalue weighted by Crippen LogP contribution is 2.44. The molecule has 0 atom stereocenters. The first-order valence-corrected chi connectivity index (χ1v) is 18.0. The molecule has 0 fully saturated rings. The fourth-order valence-corrected chi connectivity index (χ4v) is 7.53. The Bertz CT molecular complexity index is 2840. The molecule has 5 aromatic carbocycles. The fraction of sp³-hybridized carbons (Fsp3) is 0.0667. The molecule has 10 aromatic rings. The average Bonchev–Trinajstić information content (AvgIpc) is 3.73. The molecule has 10 rings (SSSR count). The summed E-state index contributed by atoms with van der Waals surface area (Å²) >= 11 is 0. The lowest BCUT2D eigenvalue weighted by Gasteiger charge is -2.20. The van der Waals surface area contributed by atoms with E-state index in [1.165, 1.54) is 6.33 Å². The summed E-state index contributed by atoms with van der Waals surface area (Å²) < 4.78 is 18.1. The van der Waals surface area contributed by atoms with Gasteiger partial charge in [0.15, 0.2) is 6.33 Å². The van der Waals surface area contributed by atoms with Gasteiger partial charge in [0.25, 0.3) is 0 Å². The molecule has 0 bridgehead atoms. The lowest BCUT2D eigenvalue weighted by molar-refractivity contribution is 0.445. The summed E-state index contributed by atoms with van der Waals surface area (Å²) in [4.78, 5) is 9.40. The summed E-state index contributed by atoms with van der Waals surface area (Å²) in [5, 5.41) is 21.1. The van der Waals surface area contributed by atoms with Crippen molar-refractivity contribution in [2.75, 3.05) is 0 Å². The Labute approximate surface area is 315 Å². The van der Waals surface area contributed by atoms with Crippen LogP contribution in [0.4, 0.5) is 0 Å². The second-order valence-electron chi connectivity index (χ2n) is 13.6. The first-order chi connectivity index (χ1) is 27.1. The van der Waals surface area contributed by atoms with E-state index in [1.54, 1.807) is 0 Å². The van der Waals surface area contributed by atoms with Gasteiger partial charge in [0, 0.05) is 57.2 Å². The van der Waals surface area contributed by atoms with Gasteiger partial charge in [-0.2, -0.15) is 0 Å². The molecule has 5 aromatic heterocycles. The number of nitrogens with zero attached hydrogens (tertiary/aromatic N) is 8. The first-order valence-electron chi connectivity index (χ1n) is 18.0. The van der Waals surface area contributed by atoms with Crippen LogP contribution in [0, 0.1) is 0 Å². The monoisotopic (exact) mass is 716 g/mol. The second kappa shape index (κ2) is 13.2. The number of pyridine rings is 2. The van der Waals surface area contributed by atoms with Crippen LogP contribution in [0.15, 0.2) is 152 Å². The maximum absolute atomic E-state index is 6.87. The molecular weight excluding hydrogens is 685 g/mol. The highest BCUT2D eigenvalue weighted by atomic mass is 16.5. The number of rotatable bonds is 8. The number of hydrogen-bond donors (Lipinski definition) is 0. The first kappa shape index (κ1) is 32.2. The molecule has 0 unspecified atom stereocenters. The Kier molecular flexibility index (Phi) is 7.73. The molecule has 0 saturated carbocycles. The van der Waals surface area contributed by atoms with Crippen molar-refractivity contribution in [2.24, 2.45) is 0 Å². The number of fused-ring (bicyclic) bond motifs is 6. The van der Waals surface area contributed by atoms with Crippen LogP contribution < -0.4 is 9.47 Å². The molecule has 0 aliphatic heterocycles. The lowest BCUT2D eigenvalue weighted by Crippen LogP contribution is -2.02. The second-order valence-corrected chi connectivity index (χ2v) is 13.6. The Morgan fingerprint density at radius 3 is 1.44 bits per heavy atom. The zero-order valence-corrected chi connectivity index (χ0v) is 29.9. The SMILES string of the molecule is CC(C)c1c(Oc2ccc3c4ccccc4n(-c4ccccn4)c3c2)cc(-c2nncnn2)cc1Oc1ccc2c3ccccc3n(-c3ccccn3)c2c1. The summed E-state index contributed by atoms with van der Waals surface area (Å²) in [5.74, 6) is 4.55. The summed E-state index contributed by atoms with van der Waals surface area (Å²) in [5.41, 5.74) is 5.63. The van der Waals surface area contributed by atoms with E-state index in [0.717, 1.165) is 60.8 Å². The summed E-state index contributed by atoms with van der Waals surface area (Å²) in [6.45, 7) is 4.25. The molecule has 10 nitrogen and oxygen atoms in total. The molecule has 0 saturated heterocycles. The molecule has 0 N–H and O–H groups in total. The van der Waals surface area contributed by atoms with Crippen molar-refractivity contribution in [1.82, 2.24) is 39.5 Å². The molecule has 0 spiro atoms. The standard InChI is InChI=1S/C45H32N8O2/c1-28(2)44-40(54-30-17-19-34-32-11-3-5-13-36(32)52(38(34)25-30)42-15-7-9-21-46-42)23-29(45-50-48-27-49-51-45)24-41(44)55-31-18-20-35-33-12-4-6-14-37(33)53(39(35)26-31)43-16-8-10-22-47-43/h3-28H,1-2H3. The van der Waals surface area contributed by atoms with Crippen molar-refractivity contribution >= 4 is 43.6 Å².